The van der Waals surface area contributed by atoms with Crippen LogP contribution in [0.1, 0.15) is 17.3 Å². The molecule has 0 saturated heterocycles. The van der Waals surface area contributed by atoms with Crippen LogP contribution in [0.25, 0.3) is 10.9 Å². The molecule has 2 N–H and O–H groups in total. The lowest BCUT2D eigenvalue weighted by Gasteiger charge is -2.14. The van der Waals surface area contributed by atoms with Crippen molar-refractivity contribution in [1.29, 1.82) is 0 Å². The number of fused-ring (bicyclic) bond motifs is 1. The summed E-state index contributed by atoms with van der Waals surface area (Å²) in [5, 5.41) is 14.1. The van der Waals surface area contributed by atoms with Crippen molar-refractivity contribution >= 4 is 45.7 Å². The number of benzene rings is 2. The normalized spacial score (nSPS) is 10.8. The highest BCUT2D eigenvalue weighted by atomic mass is 35.5. The fraction of sp³-hybridized carbons (Fsp3) is 0.111. The first kappa shape index (κ1) is 17.3. The minimum Gasteiger partial charge on any atom is -0.506 e. The van der Waals surface area contributed by atoms with Gasteiger partial charge in [0.05, 0.1) is 16.2 Å². The standard InChI is InChI=1S/C18H14Cl2N2O3/c1-2-22-14-6-4-3-5-11(14)16(23)15(18(22)25)17(24)21-13-8-7-10(19)9-12(13)20/h3-9,23H,2H2,1H3,(H,21,24). The molecule has 0 aliphatic rings. The number of carbonyl (C=O) groups excluding carboxylic acids is 1. The van der Waals surface area contributed by atoms with Crippen LogP contribution in [0.3, 0.4) is 0 Å². The lowest BCUT2D eigenvalue weighted by Crippen LogP contribution is -2.29. The van der Waals surface area contributed by atoms with Crippen LogP contribution in [0.15, 0.2) is 47.3 Å². The fourth-order valence-corrected chi connectivity index (χ4v) is 3.14. The Morgan fingerprint density at radius 3 is 2.60 bits per heavy atom. The van der Waals surface area contributed by atoms with Gasteiger partial charge in [-0.1, -0.05) is 35.3 Å². The van der Waals surface area contributed by atoms with Crippen molar-refractivity contribution in [2.24, 2.45) is 0 Å². The zero-order valence-corrected chi connectivity index (χ0v) is 14.7. The summed E-state index contributed by atoms with van der Waals surface area (Å²) in [5.74, 6) is -1.09. The Bertz CT molecular complexity index is 1040. The number of para-hydroxylation sites is 1. The molecule has 0 saturated carbocycles. The van der Waals surface area contributed by atoms with E-state index in [1.54, 1.807) is 37.3 Å². The predicted octanol–water partition coefficient (Wildman–Crippen LogP) is 4.29. The van der Waals surface area contributed by atoms with Gasteiger partial charge in [-0.15, -0.1) is 0 Å². The Morgan fingerprint density at radius 2 is 1.92 bits per heavy atom. The number of halogens is 2. The molecular formula is C18H14Cl2N2O3. The fourth-order valence-electron chi connectivity index (χ4n) is 2.68. The molecule has 3 aromatic rings. The molecule has 3 rings (SSSR count). The number of nitrogens with one attached hydrogen (secondary N) is 1. The Labute approximate surface area is 153 Å². The van der Waals surface area contributed by atoms with Crippen molar-refractivity contribution in [2.75, 3.05) is 5.32 Å². The van der Waals surface area contributed by atoms with Gasteiger partial charge in [-0.3, -0.25) is 9.59 Å². The average Bonchev–Trinajstić information content (AvgIpc) is 2.58. The predicted molar refractivity (Wildman–Crippen MR) is 100.0 cm³/mol. The minimum absolute atomic E-state index is 0.233. The van der Waals surface area contributed by atoms with Crippen LogP contribution in [-0.2, 0) is 6.54 Å². The van der Waals surface area contributed by atoms with Gasteiger partial charge in [0.2, 0.25) is 0 Å². The van der Waals surface area contributed by atoms with Gasteiger partial charge in [-0.25, -0.2) is 0 Å². The van der Waals surface area contributed by atoms with Crippen LogP contribution in [0.5, 0.6) is 5.75 Å². The number of hydrogen-bond acceptors (Lipinski definition) is 3. The average molecular weight is 377 g/mol. The number of aromatic nitrogens is 1. The van der Waals surface area contributed by atoms with Crippen molar-refractivity contribution < 1.29 is 9.90 Å². The molecule has 0 aliphatic heterocycles. The highest BCUT2D eigenvalue weighted by Gasteiger charge is 2.22. The summed E-state index contributed by atoms with van der Waals surface area (Å²) in [4.78, 5) is 25.3. The van der Waals surface area contributed by atoms with E-state index in [0.29, 0.717) is 28.2 Å². The van der Waals surface area contributed by atoms with Crippen LogP contribution in [-0.4, -0.2) is 15.6 Å². The molecule has 1 amide bonds. The molecule has 2 aromatic carbocycles. The summed E-state index contributed by atoms with van der Waals surface area (Å²) in [6.45, 7) is 2.16. The molecule has 0 atom stereocenters. The number of aryl methyl sites for hydroxylation is 1. The summed E-state index contributed by atoms with van der Waals surface area (Å²) in [6, 6.07) is 11.4. The largest absolute Gasteiger partial charge is 0.506 e. The third kappa shape index (κ3) is 3.08. The van der Waals surface area contributed by atoms with Gasteiger partial charge < -0.3 is 15.0 Å². The number of pyridine rings is 1. The van der Waals surface area contributed by atoms with E-state index in [2.05, 4.69) is 5.32 Å². The lowest BCUT2D eigenvalue weighted by molar-refractivity contribution is 0.102. The van der Waals surface area contributed by atoms with Crippen LogP contribution in [0.4, 0.5) is 5.69 Å². The molecule has 0 unspecified atom stereocenters. The van der Waals surface area contributed by atoms with Crippen molar-refractivity contribution in [1.82, 2.24) is 4.57 Å². The molecular weight excluding hydrogens is 363 g/mol. The maximum absolute atomic E-state index is 12.7. The summed E-state index contributed by atoms with van der Waals surface area (Å²) in [7, 11) is 0. The molecule has 1 aromatic heterocycles. The molecule has 0 fully saturated rings. The summed E-state index contributed by atoms with van der Waals surface area (Å²) in [6.07, 6.45) is 0. The van der Waals surface area contributed by atoms with Gasteiger partial charge in [0, 0.05) is 17.0 Å². The second-order valence-electron chi connectivity index (χ2n) is 5.37. The molecule has 0 spiro atoms. The molecule has 7 heteroatoms. The number of anilines is 1. The first-order valence-corrected chi connectivity index (χ1v) is 8.30. The monoisotopic (exact) mass is 376 g/mol. The van der Waals surface area contributed by atoms with Crippen LogP contribution < -0.4 is 10.9 Å². The zero-order chi connectivity index (χ0) is 18.1. The molecule has 0 radical (unpaired) electrons. The van der Waals surface area contributed by atoms with E-state index in [9.17, 15) is 14.7 Å². The van der Waals surface area contributed by atoms with E-state index in [-0.39, 0.29) is 16.3 Å². The van der Waals surface area contributed by atoms with Gasteiger partial charge in [0.25, 0.3) is 11.5 Å². The number of amides is 1. The Hall–Kier alpha value is -2.50. The van der Waals surface area contributed by atoms with E-state index >= 15 is 0 Å². The van der Waals surface area contributed by atoms with Crippen LogP contribution >= 0.6 is 23.2 Å². The summed E-state index contributed by atoms with van der Waals surface area (Å²) >= 11 is 11.9. The number of rotatable bonds is 3. The summed E-state index contributed by atoms with van der Waals surface area (Å²) < 4.78 is 1.44. The Kier molecular flexibility index (Phi) is 4.70. The topological polar surface area (TPSA) is 71.3 Å². The van der Waals surface area contributed by atoms with Gasteiger partial charge in [-0.05, 0) is 37.3 Å². The number of nitrogens with zero attached hydrogens (tertiary/aromatic N) is 1. The van der Waals surface area contributed by atoms with Gasteiger partial charge in [0.15, 0.2) is 0 Å². The van der Waals surface area contributed by atoms with E-state index < -0.39 is 11.5 Å². The van der Waals surface area contributed by atoms with Gasteiger partial charge in [-0.2, -0.15) is 0 Å². The quantitative estimate of drug-likeness (QED) is 0.716. The van der Waals surface area contributed by atoms with Crippen molar-refractivity contribution in [3.05, 3.63) is 68.4 Å². The van der Waals surface area contributed by atoms with Crippen molar-refractivity contribution in [3.8, 4) is 5.75 Å². The number of aromatic hydroxyl groups is 1. The number of carbonyl (C=O) groups is 1. The minimum atomic E-state index is -0.736. The highest BCUT2D eigenvalue weighted by molar-refractivity contribution is 6.36. The smallest absolute Gasteiger partial charge is 0.267 e. The summed E-state index contributed by atoms with van der Waals surface area (Å²) in [5.41, 5.74) is -0.0347. The molecule has 0 bridgehead atoms. The van der Waals surface area contributed by atoms with Crippen molar-refractivity contribution in [2.45, 2.75) is 13.5 Å². The second kappa shape index (κ2) is 6.78. The first-order chi connectivity index (χ1) is 11.9. The van der Waals surface area contributed by atoms with Crippen LogP contribution in [0, 0.1) is 0 Å². The third-order valence-electron chi connectivity index (χ3n) is 3.87. The van der Waals surface area contributed by atoms with Gasteiger partial charge in [0.1, 0.15) is 11.3 Å². The number of hydrogen-bond donors (Lipinski definition) is 2. The molecule has 0 aliphatic carbocycles. The third-order valence-corrected chi connectivity index (χ3v) is 4.42. The Balaban J connectivity index is 2.15. The zero-order valence-electron chi connectivity index (χ0n) is 13.2. The Morgan fingerprint density at radius 1 is 1.20 bits per heavy atom. The second-order valence-corrected chi connectivity index (χ2v) is 6.21. The molecule has 128 valence electrons. The maximum Gasteiger partial charge on any atom is 0.267 e. The van der Waals surface area contributed by atoms with E-state index in [0.717, 1.165) is 0 Å². The SMILES string of the molecule is CCn1c(=O)c(C(=O)Nc2ccc(Cl)cc2Cl)c(O)c2ccccc21. The molecule has 25 heavy (non-hydrogen) atoms. The van der Waals surface area contributed by atoms with E-state index in [4.69, 9.17) is 23.2 Å². The highest BCUT2D eigenvalue weighted by Crippen LogP contribution is 2.29. The molecule has 1 heterocycles. The molecule has 5 nitrogen and oxygen atoms in total. The first-order valence-electron chi connectivity index (χ1n) is 7.55. The van der Waals surface area contributed by atoms with Crippen molar-refractivity contribution in [3.63, 3.8) is 0 Å². The lowest BCUT2D eigenvalue weighted by atomic mass is 10.1. The van der Waals surface area contributed by atoms with Crippen LogP contribution in [0.2, 0.25) is 10.0 Å². The van der Waals surface area contributed by atoms with E-state index in [1.807, 2.05) is 0 Å². The van der Waals surface area contributed by atoms with Gasteiger partial charge >= 0.3 is 0 Å². The van der Waals surface area contributed by atoms with E-state index in [1.165, 1.54) is 16.7 Å². The maximum atomic E-state index is 12.7.